The van der Waals surface area contributed by atoms with Crippen molar-refractivity contribution < 1.29 is 14.6 Å². The van der Waals surface area contributed by atoms with Crippen molar-refractivity contribution in [1.82, 2.24) is 9.97 Å². The molecule has 0 aliphatic carbocycles. The molecule has 0 atom stereocenters. The molecule has 0 saturated heterocycles. The number of nitrogens with zero attached hydrogens (tertiary/aromatic N) is 2. The van der Waals surface area contributed by atoms with Gasteiger partial charge in [-0.1, -0.05) is 13.8 Å². The van der Waals surface area contributed by atoms with E-state index in [0.717, 1.165) is 11.3 Å². The lowest BCUT2D eigenvalue weighted by atomic mass is 10.1. The van der Waals surface area contributed by atoms with Crippen LogP contribution < -0.4 is 0 Å². The molecule has 2 rings (SSSR count). The monoisotopic (exact) mass is 222 g/mol. The number of rotatable bonds is 2. The summed E-state index contributed by atoms with van der Waals surface area (Å²) >= 11 is 0. The van der Waals surface area contributed by atoms with Crippen LogP contribution in [0.1, 0.15) is 47.3 Å². The fourth-order valence-electron chi connectivity index (χ4n) is 1.71. The van der Waals surface area contributed by atoms with E-state index in [2.05, 4.69) is 9.97 Å². The molecule has 1 aromatic rings. The second-order valence-corrected chi connectivity index (χ2v) is 4.12. The lowest BCUT2D eigenvalue weighted by Gasteiger charge is -2.18. The molecule has 5 heteroatoms. The van der Waals surface area contributed by atoms with Gasteiger partial charge in [0.1, 0.15) is 5.82 Å². The number of carboxylic acids is 1. The van der Waals surface area contributed by atoms with Crippen molar-refractivity contribution in [3.63, 3.8) is 0 Å². The van der Waals surface area contributed by atoms with Gasteiger partial charge in [-0.25, -0.2) is 14.8 Å². The molecular formula is C11H14N2O3. The summed E-state index contributed by atoms with van der Waals surface area (Å²) in [6.45, 7) is 4.81. The average Bonchev–Trinajstić information content (AvgIpc) is 2.27. The van der Waals surface area contributed by atoms with Crippen LogP contribution in [0.25, 0.3) is 0 Å². The van der Waals surface area contributed by atoms with Gasteiger partial charge in [-0.05, 0) is 0 Å². The molecule has 2 heterocycles. The van der Waals surface area contributed by atoms with Crippen LogP contribution >= 0.6 is 0 Å². The summed E-state index contributed by atoms with van der Waals surface area (Å²) in [5.41, 5.74) is 1.59. The van der Waals surface area contributed by atoms with Crippen molar-refractivity contribution in [3.05, 3.63) is 22.8 Å². The predicted octanol–water partition coefficient (Wildman–Crippen LogP) is 1.37. The molecule has 1 aliphatic heterocycles. The van der Waals surface area contributed by atoms with E-state index in [4.69, 9.17) is 9.84 Å². The highest BCUT2D eigenvalue weighted by Crippen LogP contribution is 2.21. The molecule has 0 bridgehead atoms. The van der Waals surface area contributed by atoms with Gasteiger partial charge >= 0.3 is 5.97 Å². The van der Waals surface area contributed by atoms with Gasteiger partial charge in [-0.15, -0.1) is 0 Å². The second-order valence-electron chi connectivity index (χ2n) is 4.12. The molecule has 16 heavy (non-hydrogen) atoms. The van der Waals surface area contributed by atoms with E-state index >= 15 is 0 Å². The topological polar surface area (TPSA) is 72.3 Å². The largest absolute Gasteiger partial charge is 0.477 e. The number of carbonyl (C=O) groups is 1. The van der Waals surface area contributed by atoms with E-state index in [0.29, 0.717) is 25.5 Å². The Bertz CT molecular complexity index is 429. The minimum Gasteiger partial charge on any atom is -0.477 e. The van der Waals surface area contributed by atoms with E-state index in [9.17, 15) is 4.79 Å². The van der Waals surface area contributed by atoms with E-state index < -0.39 is 5.97 Å². The number of aromatic carboxylic acids is 1. The zero-order valence-corrected chi connectivity index (χ0v) is 9.36. The van der Waals surface area contributed by atoms with Gasteiger partial charge < -0.3 is 9.84 Å². The Morgan fingerprint density at radius 3 is 2.81 bits per heavy atom. The van der Waals surface area contributed by atoms with Crippen molar-refractivity contribution >= 4 is 5.97 Å². The second kappa shape index (κ2) is 4.17. The molecule has 0 amide bonds. The smallest absolute Gasteiger partial charge is 0.354 e. The SMILES string of the molecule is CC(C)c1nc2c(c(C(=O)O)n1)CCOC2. The number of aromatic nitrogens is 2. The fraction of sp³-hybridized carbons (Fsp3) is 0.545. The zero-order chi connectivity index (χ0) is 11.7. The minimum absolute atomic E-state index is 0.116. The Hall–Kier alpha value is -1.49. The van der Waals surface area contributed by atoms with Crippen LogP contribution in [0.4, 0.5) is 0 Å². The maximum Gasteiger partial charge on any atom is 0.354 e. The maximum absolute atomic E-state index is 11.1. The predicted molar refractivity (Wildman–Crippen MR) is 56.4 cm³/mol. The van der Waals surface area contributed by atoms with Gasteiger partial charge in [0, 0.05) is 17.9 Å². The van der Waals surface area contributed by atoms with Crippen molar-refractivity contribution in [2.75, 3.05) is 6.61 Å². The lowest BCUT2D eigenvalue weighted by molar-refractivity contribution is 0.0680. The Balaban J connectivity index is 2.56. The van der Waals surface area contributed by atoms with Crippen LogP contribution in [0.15, 0.2) is 0 Å². The van der Waals surface area contributed by atoms with E-state index in [1.807, 2.05) is 13.8 Å². The first-order chi connectivity index (χ1) is 7.59. The third kappa shape index (κ3) is 1.90. The summed E-state index contributed by atoms with van der Waals surface area (Å²) in [6.07, 6.45) is 0.579. The molecule has 0 aromatic carbocycles. The molecule has 1 aliphatic rings. The van der Waals surface area contributed by atoms with Crippen LogP contribution in [0.5, 0.6) is 0 Å². The summed E-state index contributed by atoms with van der Waals surface area (Å²) < 4.78 is 5.28. The maximum atomic E-state index is 11.1. The summed E-state index contributed by atoms with van der Waals surface area (Å²) in [7, 11) is 0. The fourth-order valence-corrected chi connectivity index (χ4v) is 1.71. The van der Waals surface area contributed by atoms with Crippen molar-refractivity contribution in [3.8, 4) is 0 Å². The summed E-state index contributed by atoms with van der Waals surface area (Å²) in [5, 5.41) is 9.12. The molecule has 1 aromatic heterocycles. The van der Waals surface area contributed by atoms with Crippen molar-refractivity contribution in [2.24, 2.45) is 0 Å². The van der Waals surface area contributed by atoms with Crippen molar-refractivity contribution in [1.29, 1.82) is 0 Å². The summed E-state index contributed by atoms with van der Waals surface area (Å²) in [4.78, 5) is 19.6. The van der Waals surface area contributed by atoms with Crippen LogP contribution in [0, 0.1) is 0 Å². The third-order valence-corrected chi connectivity index (χ3v) is 2.56. The van der Waals surface area contributed by atoms with Gasteiger partial charge in [0.25, 0.3) is 0 Å². The average molecular weight is 222 g/mol. The number of carboxylic acid groups (broad SMARTS) is 1. The third-order valence-electron chi connectivity index (χ3n) is 2.56. The number of ether oxygens (including phenoxy) is 1. The molecule has 86 valence electrons. The zero-order valence-electron chi connectivity index (χ0n) is 9.36. The summed E-state index contributed by atoms with van der Waals surface area (Å²) in [6, 6.07) is 0. The highest BCUT2D eigenvalue weighted by molar-refractivity contribution is 5.87. The number of hydrogen-bond donors (Lipinski definition) is 1. The van der Waals surface area contributed by atoms with Crippen molar-refractivity contribution in [2.45, 2.75) is 32.8 Å². The normalized spacial score (nSPS) is 14.9. The van der Waals surface area contributed by atoms with Crippen LogP contribution in [0.3, 0.4) is 0 Å². The Kier molecular flexibility index (Phi) is 2.87. The molecular weight excluding hydrogens is 208 g/mol. The molecule has 0 unspecified atom stereocenters. The Morgan fingerprint density at radius 2 is 2.19 bits per heavy atom. The minimum atomic E-state index is -0.984. The molecule has 0 radical (unpaired) electrons. The molecule has 0 saturated carbocycles. The highest BCUT2D eigenvalue weighted by atomic mass is 16.5. The standard InChI is InChI=1S/C11H14N2O3/c1-6(2)10-12-8-5-16-4-3-7(8)9(13-10)11(14)15/h6H,3-5H2,1-2H3,(H,14,15). The first-order valence-corrected chi connectivity index (χ1v) is 5.30. The van der Waals surface area contributed by atoms with Gasteiger partial charge in [-0.2, -0.15) is 0 Å². The van der Waals surface area contributed by atoms with Gasteiger partial charge in [0.15, 0.2) is 5.69 Å². The highest BCUT2D eigenvalue weighted by Gasteiger charge is 2.22. The Morgan fingerprint density at radius 1 is 1.44 bits per heavy atom. The van der Waals surface area contributed by atoms with Gasteiger partial charge in [0.2, 0.25) is 0 Å². The van der Waals surface area contributed by atoms with Crippen LogP contribution in [0.2, 0.25) is 0 Å². The first-order valence-electron chi connectivity index (χ1n) is 5.30. The molecule has 0 spiro atoms. The Labute approximate surface area is 93.5 Å². The van der Waals surface area contributed by atoms with Crippen LogP contribution in [-0.4, -0.2) is 27.7 Å². The first kappa shape index (κ1) is 11.0. The quantitative estimate of drug-likeness (QED) is 0.818. The molecule has 0 fully saturated rings. The number of fused-ring (bicyclic) bond motifs is 1. The lowest BCUT2D eigenvalue weighted by Crippen LogP contribution is -2.20. The summed E-state index contributed by atoms with van der Waals surface area (Å²) in [5.74, 6) is -0.297. The van der Waals surface area contributed by atoms with E-state index in [1.54, 1.807) is 0 Å². The molecule has 1 N–H and O–H groups in total. The van der Waals surface area contributed by atoms with Crippen LogP contribution in [-0.2, 0) is 17.8 Å². The van der Waals surface area contributed by atoms with E-state index in [-0.39, 0.29) is 11.6 Å². The van der Waals surface area contributed by atoms with E-state index in [1.165, 1.54) is 0 Å². The van der Waals surface area contributed by atoms with Gasteiger partial charge in [-0.3, -0.25) is 0 Å². The molecule has 5 nitrogen and oxygen atoms in total. The van der Waals surface area contributed by atoms with Gasteiger partial charge in [0.05, 0.1) is 18.9 Å². The number of hydrogen-bond acceptors (Lipinski definition) is 4.